The third kappa shape index (κ3) is 7.88. The number of aryl methyl sites for hydroxylation is 1. The molecule has 13 heteroatoms. The first-order valence-corrected chi connectivity index (χ1v) is 15.6. The Morgan fingerprint density at radius 3 is 2.37 bits per heavy atom. The van der Waals surface area contributed by atoms with Crippen molar-refractivity contribution >= 4 is 52.5 Å². The van der Waals surface area contributed by atoms with Crippen LogP contribution >= 0.6 is 46.6 Å². The number of alkyl halides is 3. The molecule has 1 aromatic heterocycles. The Bertz CT molecular complexity index is 1530. The van der Waals surface area contributed by atoms with Crippen LogP contribution in [0.4, 0.5) is 0 Å². The fraction of sp³-hybridized carbons (Fsp3) is 0.333. The summed E-state index contributed by atoms with van der Waals surface area (Å²) in [6.07, 6.45) is -0.976. The van der Waals surface area contributed by atoms with E-state index in [0.717, 1.165) is 33.4 Å². The van der Waals surface area contributed by atoms with Crippen molar-refractivity contribution in [2.75, 3.05) is 5.75 Å². The van der Waals surface area contributed by atoms with E-state index >= 15 is 0 Å². The van der Waals surface area contributed by atoms with Crippen LogP contribution in [-0.2, 0) is 34.5 Å². The lowest BCUT2D eigenvalue weighted by atomic mass is 9.91. The zero-order valence-electron chi connectivity index (χ0n) is 23.4. The summed E-state index contributed by atoms with van der Waals surface area (Å²) in [4.78, 5) is 11.9. The third-order valence-electron chi connectivity index (χ3n) is 7.24. The van der Waals surface area contributed by atoms with Gasteiger partial charge < -0.3 is 19.9 Å². The predicted octanol–water partition coefficient (Wildman–Crippen LogP) is 5.94. The minimum Gasteiger partial charge on any atom is -0.392 e. The van der Waals surface area contributed by atoms with E-state index in [4.69, 9.17) is 44.3 Å². The van der Waals surface area contributed by atoms with Gasteiger partial charge in [0.25, 0.3) is 9.70 Å². The summed E-state index contributed by atoms with van der Waals surface area (Å²) in [5.41, 5.74) is 5.57. The molecule has 5 rings (SSSR count). The highest BCUT2D eigenvalue weighted by molar-refractivity contribution is 7.99. The molecule has 1 fully saturated rings. The predicted molar refractivity (Wildman–Crippen MR) is 167 cm³/mol. The molecule has 2 heterocycles. The summed E-state index contributed by atoms with van der Waals surface area (Å²) in [6, 6.07) is 23.6. The molecule has 1 saturated heterocycles. The highest BCUT2D eigenvalue weighted by Gasteiger charge is 2.38. The summed E-state index contributed by atoms with van der Waals surface area (Å²) in [5.74, 6) is -0.00389. The fourth-order valence-electron chi connectivity index (χ4n) is 4.79. The molecule has 0 aliphatic carbocycles. The molecule has 4 unspecified atom stereocenters. The highest BCUT2D eigenvalue weighted by atomic mass is 35.6. The number of aromatic nitrogens is 4. The maximum absolute atomic E-state index is 11.9. The molecule has 0 radical (unpaired) electrons. The number of carbonyl (C=O) groups excluding carboxylic acids is 1. The van der Waals surface area contributed by atoms with Crippen molar-refractivity contribution in [3.05, 3.63) is 95.1 Å². The van der Waals surface area contributed by atoms with Crippen molar-refractivity contribution in [1.82, 2.24) is 25.5 Å². The Labute approximate surface area is 268 Å². The number of thioether (sulfide) groups is 1. The summed E-state index contributed by atoms with van der Waals surface area (Å²) in [7, 11) is 1.81. The van der Waals surface area contributed by atoms with Gasteiger partial charge in [0.05, 0.1) is 18.8 Å². The van der Waals surface area contributed by atoms with Crippen LogP contribution in [0.25, 0.3) is 11.1 Å². The van der Waals surface area contributed by atoms with Crippen molar-refractivity contribution in [3.63, 3.8) is 0 Å². The van der Waals surface area contributed by atoms with Gasteiger partial charge in [0.15, 0.2) is 6.29 Å². The van der Waals surface area contributed by atoms with Gasteiger partial charge in [-0.25, -0.2) is 4.68 Å². The number of hydrogen-bond acceptors (Lipinski definition) is 8. The molecule has 1 amide bonds. The standard InChI is InChI=1S/C30H30Cl3N5O4S/c1-18-25(17-43-29-35-36-37-38(29)2)41-27(42-26(18)22-8-6-19(16-39)7-9-22)23-12-10-21(11-13-23)24-5-3-4-20(14-24)15-34-28(40)30(31,32)33/h3-14,18,25-27,39H,15-17H2,1-2H3,(H,34,40). The molecule has 1 aliphatic rings. The second-order valence-electron chi connectivity index (χ2n) is 10.2. The first kappa shape index (κ1) is 31.7. The lowest BCUT2D eigenvalue weighted by Gasteiger charge is -2.41. The van der Waals surface area contributed by atoms with Crippen LogP contribution in [0.3, 0.4) is 0 Å². The molecule has 0 saturated carbocycles. The number of rotatable bonds is 9. The summed E-state index contributed by atoms with van der Waals surface area (Å²) >= 11 is 18.5. The number of halogens is 3. The molecule has 0 bridgehead atoms. The molecular formula is C30H30Cl3N5O4S. The monoisotopic (exact) mass is 661 g/mol. The van der Waals surface area contributed by atoms with Crippen molar-refractivity contribution in [2.45, 2.75) is 47.5 Å². The summed E-state index contributed by atoms with van der Waals surface area (Å²) in [6.45, 7) is 2.33. The lowest BCUT2D eigenvalue weighted by Crippen LogP contribution is -2.38. The average molecular weight is 663 g/mol. The first-order valence-electron chi connectivity index (χ1n) is 13.5. The second kappa shape index (κ2) is 13.9. The Morgan fingerprint density at radius 2 is 1.72 bits per heavy atom. The quantitative estimate of drug-likeness (QED) is 0.167. The van der Waals surface area contributed by atoms with Gasteiger partial charge in [-0.1, -0.05) is 120 Å². The Balaban J connectivity index is 1.34. The molecule has 4 aromatic rings. The topological polar surface area (TPSA) is 111 Å². The van der Waals surface area contributed by atoms with Crippen LogP contribution in [0.2, 0.25) is 0 Å². The summed E-state index contributed by atoms with van der Waals surface area (Å²) < 4.78 is 12.7. The number of nitrogens with one attached hydrogen (secondary N) is 1. The normalized spacial score (nSPS) is 20.6. The smallest absolute Gasteiger partial charge is 0.272 e. The molecule has 43 heavy (non-hydrogen) atoms. The zero-order valence-corrected chi connectivity index (χ0v) is 26.4. The largest absolute Gasteiger partial charge is 0.392 e. The Morgan fingerprint density at radius 1 is 1.00 bits per heavy atom. The van der Waals surface area contributed by atoms with Gasteiger partial charge in [0.1, 0.15) is 0 Å². The van der Waals surface area contributed by atoms with Gasteiger partial charge in [-0.2, -0.15) is 0 Å². The first-order chi connectivity index (χ1) is 20.6. The third-order valence-corrected chi connectivity index (χ3v) is 8.85. The van der Waals surface area contributed by atoms with Crippen molar-refractivity contribution in [3.8, 4) is 11.1 Å². The summed E-state index contributed by atoms with van der Waals surface area (Å²) in [5, 5.41) is 24.6. The van der Waals surface area contributed by atoms with E-state index < -0.39 is 16.0 Å². The highest BCUT2D eigenvalue weighted by Crippen LogP contribution is 2.43. The van der Waals surface area contributed by atoms with Gasteiger partial charge in [-0.3, -0.25) is 4.79 Å². The van der Waals surface area contributed by atoms with E-state index in [-0.39, 0.29) is 31.3 Å². The van der Waals surface area contributed by atoms with Crippen LogP contribution in [-0.4, -0.2) is 46.9 Å². The van der Waals surface area contributed by atoms with Gasteiger partial charge >= 0.3 is 0 Å². The maximum atomic E-state index is 11.9. The number of tetrazole rings is 1. The maximum Gasteiger partial charge on any atom is 0.272 e. The van der Waals surface area contributed by atoms with Crippen molar-refractivity contribution < 1.29 is 19.4 Å². The Kier molecular flexibility index (Phi) is 10.3. The van der Waals surface area contributed by atoms with Gasteiger partial charge in [0.2, 0.25) is 5.16 Å². The van der Waals surface area contributed by atoms with E-state index in [1.165, 1.54) is 11.8 Å². The van der Waals surface area contributed by atoms with Gasteiger partial charge in [0, 0.05) is 30.8 Å². The van der Waals surface area contributed by atoms with Crippen molar-refractivity contribution in [1.29, 1.82) is 0 Å². The van der Waals surface area contributed by atoms with Crippen LogP contribution in [0.15, 0.2) is 78.0 Å². The van der Waals surface area contributed by atoms with E-state index in [1.807, 2.05) is 79.8 Å². The van der Waals surface area contributed by atoms with Crippen LogP contribution in [0.1, 0.15) is 41.6 Å². The molecule has 9 nitrogen and oxygen atoms in total. The molecular weight excluding hydrogens is 633 g/mol. The molecule has 3 aromatic carbocycles. The second-order valence-corrected chi connectivity index (χ2v) is 13.5. The van der Waals surface area contributed by atoms with E-state index in [1.54, 1.807) is 4.68 Å². The molecule has 2 N–H and O–H groups in total. The number of carbonyl (C=O) groups is 1. The minimum atomic E-state index is -2.01. The SMILES string of the molecule is CC1C(CSc2nnnn2C)OC(c2ccc(-c3cccc(CNC(=O)C(Cl)(Cl)Cl)c3)cc2)OC1c1ccc(CO)cc1. The zero-order chi connectivity index (χ0) is 30.6. The minimum absolute atomic E-state index is 0.0169. The van der Waals surface area contributed by atoms with Crippen LogP contribution < -0.4 is 5.32 Å². The van der Waals surface area contributed by atoms with E-state index in [2.05, 4.69) is 27.8 Å². The number of aliphatic hydroxyl groups is 1. The van der Waals surface area contributed by atoms with Crippen LogP contribution in [0, 0.1) is 5.92 Å². The average Bonchev–Trinajstić information content (AvgIpc) is 3.43. The van der Waals surface area contributed by atoms with Gasteiger partial charge in [-0.15, -0.1) is 5.10 Å². The lowest BCUT2D eigenvalue weighted by molar-refractivity contribution is -0.268. The van der Waals surface area contributed by atoms with Crippen molar-refractivity contribution in [2.24, 2.45) is 13.0 Å². The van der Waals surface area contributed by atoms with E-state index in [9.17, 15) is 9.90 Å². The fourth-order valence-corrected chi connectivity index (χ4v) is 6.00. The number of nitrogens with zero attached hydrogens (tertiary/aromatic N) is 4. The van der Waals surface area contributed by atoms with Crippen LogP contribution in [0.5, 0.6) is 0 Å². The molecule has 1 aliphatic heterocycles. The number of amides is 1. The number of ether oxygens (including phenoxy) is 2. The number of hydrogen-bond donors (Lipinski definition) is 2. The van der Waals surface area contributed by atoms with E-state index in [0.29, 0.717) is 10.9 Å². The Hall–Kier alpha value is -2.70. The number of benzene rings is 3. The van der Waals surface area contributed by atoms with Gasteiger partial charge in [-0.05, 0) is 44.3 Å². The molecule has 4 atom stereocenters. The molecule has 226 valence electrons. The number of aliphatic hydroxyl groups excluding tert-OH is 1. The molecule has 0 spiro atoms.